The van der Waals surface area contributed by atoms with E-state index < -0.39 is 10.9 Å². The molecule has 1 aromatic heterocycles. The first-order valence-electron chi connectivity index (χ1n) is 7.73. The second kappa shape index (κ2) is 7.89. The highest BCUT2D eigenvalue weighted by atomic mass is 16.6. The van der Waals surface area contributed by atoms with Crippen LogP contribution in [0.3, 0.4) is 0 Å². The molecule has 0 N–H and O–H groups in total. The molecule has 0 aliphatic rings. The van der Waals surface area contributed by atoms with Crippen molar-refractivity contribution in [2.24, 2.45) is 0 Å². The molecule has 3 rings (SSSR count). The molecule has 0 atom stereocenters. The molecule has 130 valence electrons. The minimum absolute atomic E-state index is 0.0834. The Bertz CT molecular complexity index is 947. The van der Waals surface area contributed by atoms with Crippen molar-refractivity contribution in [2.75, 3.05) is 0 Å². The Kier molecular flexibility index (Phi) is 5.19. The molecule has 7 heteroatoms. The lowest BCUT2D eigenvalue weighted by Crippen LogP contribution is -2.00. The number of nitro benzene ring substituents is 1. The van der Waals surface area contributed by atoms with Crippen molar-refractivity contribution >= 4 is 17.7 Å². The molecule has 0 fully saturated rings. The number of aromatic nitrogens is 1. The van der Waals surface area contributed by atoms with Crippen molar-refractivity contribution in [1.82, 2.24) is 5.16 Å². The standard InChI is InChI=1S/C19H14N2O5/c22-19(11-10-15-8-4-5-9-18(15)21(23)24)25-13-16-12-17(20-26-16)14-6-2-1-3-7-14/h1-12H,13H2/b11-10+. The Morgan fingerprint density at radius 1 is 1.15 bits per heavy atom. The predicted molar refractivity (Wildman–Crippen MR) is 93.9 cm³/mol. The van der Waals surface area contributed by atoms with Crippen LogP contribution in [-0.4, -0.2) is 16.0 Å². The van der Waals surface area contributed by atoms with Crippen molar-refractivity contribution in [3.05, 3.63) is 88.2 Å². The highest BCUT2D eigenvalue weighted by molar-refractivity contribution is 5.87. The maximum atomic E-state index is 11.8. The van der Waals surface area contributed by atoms with Gasteiger partial charge in [0, 0.05) is 23.8 Å². The van der Waals surface area contributed by atoms with Crippen molar-refractivity contribution in [2.45, 2.75) is 6.61 Å². The molecule has 2 aromatic carbocycles. The summed E-state index contributed by atoms with van der Waals surface area (Å²) < 4.78 is 10.2. The Balaban J connectivity index is 1.60. The van der Waals surface area contributed by atoms with Crippen LogP contribution in [0.1, 0.15) is 11.3 Å². The van der Waals surface area contributed by atoms with Crippen molar-refractivity contribution < 1.29 is 19.0 Å². The van der Waals surface area contributed by atoms with Crippen molar-refractivity contribution in [3.8, 4) is 11.3 Å². The van der Waals surface area contributed by atoms with Gasteiger partial charge in [-0.1, -0.05) is 47.6 Å². The third kappa shape index (κ3) is 4.21. The van der Waals surface area contributed by atoms with Crippen LogP contribution in [0.5, 0.6) is 0 Å². The zero-order valence-corrected chi connectivity index (χ0v) is 13.6. The molecule has 3 aromatic rings. The first-order chi connectivity index (χ1) is 12.6. The lowest BCUT2D eigenvalue weighted by molar-refractivity contribution is -0.385. The van der Waals surface area contributed by atoms with Crippen molar-refractivity contribution in [1.29, 1.82) is 0 Å². The number of nitrogens with zero attached hydrogens (tertiary/aromatic N) is 2. The van der Waals surface area contributed by atoms with Gasteiger partial charge in [-0.25, -0.2) is 4.79 Å². The van der Waals surface area contributed by atoms with E-state index >= 15 is 0 Å². The van der Waals surface area contributed by atoms with Gasteiger partial charge in [0.25, 0.3) is 5.69 Å². The fourth-order valence-electron chi connectivity index (χ4n) is 2.27. The number of rotatable bonds is 6. The maximum absolute atomic E-state index is 11.8. The second-order valence-corrected chi connectivity index (χ2v) is 5.30. The molecule has 0 saturated heterocycles. The molecule has 26 heavy (non-hydrogen) atoms. The van der Waals surface area contributed by atoms with Gasteiger partial charge in [0.15, 0.2) is 12.4 Å². The van der Waals surface area contributed by atoms with Crippen LogP contribution in [0.2, 0.25) is 0 Å². The fourth-order valence-corrected chi connectivity index (χ4v) is 2.27. The Morgan fingerprint density at radius 3 is 2.65 bits per heavy atom. The number of para-hydroxylation sites is 1. The molecular formula is C19H14N2O5. The number of hydrogen-bond donors (Lipinski definition) is 0. The summed E-state index contributed by atoms with van der Waals surface area (Å²) in [5, 5.41) is 14.9. The quantitative estimate of drug-likeness (QED) is 0.288. The zero-order valence-electron chi connectivity index (χ0n) is 13.6. The largest absolute Gasteiger partial charge is 0.454 e. The summed E-state index contributed by atoms with van der Waals surface area (Å²) in [5.41, 5.74) is 1.77. The van der Waals surface area contributed by atoms with Gasteiger partial charge in [-0.2, -0.15) is 0 Å². The summed E-state index contributed by atoms with van der Waals surface area (Å²) in [4.78, 5) is 22.2. The van der Waals surface area contributed by atoms with Gasteiger partial charge in [-0.3, -0.25) is 10.1 Å². The van der Waals surface area contributed by atoms with Crippen LogP contribution in [0.15, 0.2) is 71.3 Å². The number of nitro groups is 1. The molecule has 1 heterocycles. The van der Waals surface area contributed by atoms with Crippen LogP contribution in [0, 0.1) is 10.1 Å². The van der Waals surface area contributed by atoms with E-state index in [9.17, 15) is 14.9 Å². The molecule has 0 amide bonds. The smallest absolute Gasteiger partial charge is 0.331 e. The highest BCUT2D eigenvalue weighted by Gasteiger charge is 2.11. The molecule has 0 aliphatic carbocycles. The Morgan fingerprint density at radius 2 is 1.88 bits per heavy atom. The average Bonchev–Trinajstić information content (AvgIpc) is 3.14. The molecule has 7 nitrogen and oxygen atoms in total. The zero-order chi connectivity index (χ0) is 18.4. The van der Waals surface area contributed by atoms with E-state index in [1.54, 1.807) is 24.3 Å². The van der Waals surface area contributed by atoms with E-state index in [0.29, 0.717) is 17.0 Å². The van der Waals surface area contributed by atoms with Crippen LogP contribution >= 0.6 is 0 Å². The van der Waals surface area contributed by atoms with Gasteiger partial charge in [0.1, 0.15) is 5.69 Å². The van der Waals surface area contributed by atoms with Crippen LogP contribution < -0.4 is 0 Å². The van der Waals surface area contributed by atoms with E-state index in [1.165, 1.54) is 12.1 Å². The number of carbonyl (C=O) groups is 1. The lowest BCUT2D eigenvalue weighted by atomic mass is 10.1. The number of hydrogen-bond acceptors (Lipinski definition) is 6. The van der Waals surface area contributed by atoms with Crippen LogP contribution in [-0.2, 0) is 16.1 Å². The number of esters is 1. The normalized spacial score (nSPS) is 10.8. The predicted octanol–water partition coefficient (Wildman–Crippen LogP) is 4.01. The summed E-state index contributed by atoms with van der Waals surface area (Å²) >= 11 is 0. The SMILES string of the molecule is O=C(/C=C/c1ccccc1[N+](=O)[O-])OCc1cc(-c2ccccc2)no1. The van der Waals surface area contributed by atoms with Crippen molar-refractivity contribution in [3.63, 3.8) is 0 Å². The van der Waals surface area contributed by atoms with E-state index in [0.717, 1.165) is 11.6 Å². The summed E-state index contributed by atoms with van der Waals surface area (Å²) in [6.07, 6.45) is 2.48. The van der Waals surface area contributed by atoms with E-state index in [-0.39, 0.29) is 12.3 Å². The fraction of sp³-hybridized carbons (Fsp3) is 0.0526. The minimum atomic E-state index is -0.638. The van der Waals surface area contributed by atoms with Gasteiger partial charge in [0.2, 0.25) is 0 Å². The van der Waals surface area contributed by atoms with Gasteiger partial charge >= 0.3 is 5.97 Å². The van der Waals surface area contributed by atoms with Gasteiger partial charge < -0.3 is 9.26 Å². The maximum Gasteiger partial charge on any atom is 0.331 e. The Hall–Kier alpha value is -3.74. The third-order valence-corrected chi connectivity index (χ3v) is 3.52. The van der Waals surface area contributed by atoms with Gasteiger partial charge in [-0.15, -0.1) is 0 Å². The molecule has 0 aliphatic heterocycles. The lowest BCUT2D eigenvalue weighted by Gasteiger charge is -1.98. The summed E-state index contributed by atoms with van der Waals surface area (Å²) in [6, 6.07) is 17.3. The molecular weight excluding hydrogens is 336 g/mol. The first kappa shape index (κ1) is 17.1. The first-order valence-corrected chi connectivity index (χ1v) is 7.73. The van der Waals surface area contributed by atoms with E-state index in [1.807, 2.05) is 30.3 Å². The molecule has 0 radical (unpaired) electrons. The monoisotopic (exact) mass is 350 g/mol. The second-order valence-electron chi connectivity index (χ2n) is 5.30. The summed E-state index contributed by atoms with van der Waals surface area (Å²) in [5.74, 6) is -0.239. The molecule has 0 spiro atoms. The molecule has 0 bridgehead atoms. The highest BCUT2D eigenvalue weighted by Crippen LogP contribution is 2.20. The number of benzene rings is 2. The summed E-state index contributed by atoms with van der Waals surface area (Å²) in [6.45, 7) is -0.0834. The third-order valence-electron chi connectivity index (χ3n) is 3.52. The summed E-state index contributed by atoms with van der Waals surface area (Å²) in [7, 11) is 0. The molecule has 0 saturated carbocycles. The Labute approximate surface area is 148 Å². The van der Waals surface area contributed by atoms with Crippen LogP contribution in [0.4, 0.5) is 5.69 Å². The number of ether oxygens (including phenoxy) is 1. The molecule has 0 unspecified atom stereocenters. The minimum Gasteiger partial charge on any atom is -0.454 e. The number of carbonyl (C=O) groups excluding carboxylic acids is 1. The van der Waals surface area contributed by atoms with E-state index in [2.05, 4.69) is 5.16 Å². The topological polar surface area (TPSA) is 95.5 Å². The van der Waals surface area contributed by atoms with Gasteiger partial charge in [-0.05, 0) is 12.1 Å². The van der Waals surface area contributed by atoms with E-state index in [4.69, 9.17) is 9.26 Å². The van der Waals surface area contributed by atoms with Crippen LogP contribution in [0.25, 0.3) is 17.3 Å². The average molecular weight is 350 g/mol. The van der Waals surface area contributed by atoms with Gasteiger partial charge in [0.05, 0.1) is 10.5 Å².